The molecule has 0 spiro atoms. The number of rotatable bonds is 10. The van der Waals surface area contributed by atoms with Crippen molar-refractivity contribution in [2.75, 3.05) is 45.3 Å². The van der Waals surface area contributed by atoms with E-state index in [1.165, 1.54) is 4.90 Å². The number of amides is 1. The highest BCUT2D eigenvalue weighted by atomic mass is 16.5. The lowest BCUT2D eigenvalue weighted by atomic mass is 10.1. The summed E-state index contributed by atoms with van der Waals surface area (Å²) in [5, 5.41) is 0. The SMILES string of the molecule is C=C(C)C(=O)OCCN(CCOC(=O)C(=C)C)C(=O)c1ccc(N(C)C)cc1. The van der Waals surface area contributed by atoms with E-state index in [1.54, 1.807) is 26.0 Å². The summed E-state index contributed by atoms with van der Waals surface area (Å²) in [5.74, 6) is -1.28. The van der Waals surface area contributed by atoms with Crippen molar-refractivity contribution in [3.05, 3.63) is 54.1 Å². The minimum atomic E-state index is -0.517. The van der Waals surface area contributed by atoms with E-state index in [1.807, 2.05) is 31.1 Å². The molecule has 0 saturated carbocycles. The van der Waals surface area contributed by atoms with Crippen molar-refractivity contribution < 1.29 is 23.9 Å². The van der Waals surface area contributed by atoms with Crippen molar-refractivity contribution >= 4 is 23.5 Å². The van der Waals surface area contributed by atoms with Crippen LogP contribution in [0.3, 0.4) is 0 Å². The van der Waals surface area contributed by atoms with Crippen LogP contribution in [-0.2, 0) is 19.1 Å². The lowest BCUT2D eigenvalue weighted by Crippen LogP contribution is -2.37. The Morgan fingerprint density at radius 1 is 0.857 bits per heavy atom. The van der Waals surface area contributed by atoms with Gasteiger partial charge in [-0.25, -0.2) is 9.59 Å². The molecule has 1 rings (SSSR count). The molecule has 0 unspecified atom stereocenters. The third-order valence-corrected chi connectivity index (χ3v) is 3.80. The molecule has 0 aliphatic heterocycles. The van der Waals surface area contributed by atoms with Crippen LogP contribution in [0.4, 0.5) is 5.69 Å². The normalized spacial score (nSPS) is 10.0. The molecule has 0 aromatic heterocycles. The summed E-state index contributed by atoms with van der Waals surface area (Å²) in [7, 11) is 3.82. The lowest BCUT2D eigenvalue weighted by Gasteiger charge is -2.23. The van der Waals surface area contributed by atoms with Gasteiger partial charge in [-0.1, -0.05) is 13.2 Å². The molecule has 0 bridgehead atoms. The van der Waals surface area contributed by atoms with Gasteiger partial charge < -0.3 is 19.3 Å². The quantitative estimate of drug-likeness (QED) is 0.453. The molecule has 1 aromatic rings. The van der Waals surface area contributed by atoms with E-state index in [0.717, 1.165) is 5.69 Å². The predicted octanol–water partition coefficient (Wildman–Crippen LogP) is 2.43. The fourth-order valence-corrected chi connectivity index (χ4v) is 2.14. The van der Waals surface area contributed by atoms with Crippen LogP contribution in [0.25, 0.3) is 0 Å². The maximum atomic E-state index is 12.8. The maximum absolute atomic E-state index is 12.8. The molecule has 0 atom stereocenters. The number of hydrogen-bond acceptors (Lipinski definition) is 6. The number of benzene rings is 1. The largest absolute Gasteiger partial charge is 0.460 e. The van der Waals surface area contributed by atoms with Gasteiger partial charge in [-0.3, -0.25) is 4.79 Å². The van der Waals surface area contributed by atoms with E-state index >= 15 is 0 Å². The van der Waals surface area contributed by atoms with Gasteiger partial charge in [-0.2, -0.15) is 0 Å². The fourth-order valence-electron chi connectivity index (χ4n) is 2.14. The van der Waals surface area contributed by atoms with Crippen molar-refractivity contribution in [3.8, 4) is 0 Å². The number of anilines is 1. The summed E-state index contributed by atoms with van der Waals surface area (Å²) in [6.07, 6.45) is 0. The van der Waals surface area contributed by atoms with Gasteiger partial charge in [0.2, 0.25) is 0 Å². The summed E-state index contributed by atoms with van der Waals surface area (Å²) in [6.45, 7) is 10.5. The molecular weight excluding hydrogens is 360 g/mol. The molecule has 0 heterocycles. The first-order valence-corrected chi connectivity index (χ1v) is 8.85. The molecule has 0 N–H and O–H groups in total. The van der Waals surface area contributed by atoms with Crippen LogP contribution < -0.4 is 4.90 Å². The first-order valence-electron chi connectivity index (χ1n) is 8.85. The highest BCUT2D eigenvalue weighted by Crippen LogP contribution is 2.14. The van der Waals surface area contributed by atoms with Crippen LogP contribution in [0.5, 0.6) is 0 Å². The van der Waals surface area contributed by atoms with Crippen molar-refractivity contribution in [1.82, 2.24) is 4.90 Å². The number of esters is 2. The second-order valence-corrected chi connectivity index (χ2v) is 6.57. The fraction of sp³-hybridized carbons (Fsp3) is 0.381. The second-order valence-electron chi connectivity index (χ2n) is 6.57. The molecule has 1 aromatic carbocycles. The zero-order valence-corrected chi connectivity index (χ0v) is 17.0. The Morgan fingerprint density at radius 3 is 1.64 bits per heavy atom. The number of hydrogen-bond donors (Lipinski definition) is 0. The van der Waals surface area contributed by atoms with Gasteiger partial charge in [0, 0.05) is 36.5 Å². The molecule has 1 amide bonds. The van der Waals surface area contributed by atoms with Gasteiger partial charge in [-0.15, -0.1) is 0 Å². The third-order valence-electron chi connectivity index (χ3n) is 3.80. The van der Waals surface area contributed by atoms with Crippen LogP contribution in [0.1, 0.15) is 24.2 Å². The highest BCUT2D eigenvalue weighted by molar-refractivity contribution is 5.94. The summed E-state index contributed by atoms with van der Waals surface area (Å²) in [5.41, 5.74) is 2.03. The minimum Gasteiger partial charge on any atom is -0.460 e. The molecule has 7 heteroatoms. The average Bonchev–Trinajstić information content (AvgIpc) is 2.65. The van der Waals surface area contributed by atoms with Crippen molar-refractivity contribution in [1.29, 1.82) is 0 Å². The maximum Gasteiger partial charge on any atom is 0.333 e. The standard InChI is InChI=1S/C21H28N2O5/c1-15(2)20(25)27-13-11-23(12-14-28-21(26)16(3)4)19(24)17-7-9-18(10-8-17)22(5)6/h7-10H,1,3,11-14H2,2,4-6H3. The van der Waals surface area contributed by atoms with E-state index < -0.39 is 11.9 Å². The van der Waals surface area contributed by atoms with Gasteiger partial charge in [0.05, 0.1) is 13.1 Å². The Bertz CT molecular complexity index is 706. The van der Waals surface area contributed by atoms with Gasteiger partial charge >= 0.3 is 11.9 Å². The molecular formula is C21H28N2O5. The van der Waals surface area contributed by atoms with Crippen molar-refractivity contribution in [2.45, 2.75) is 13.8 Å². The first kappa shape index (κ1) is 23.0. The molecule has 0 radical (unpaired) electrons. The molecule has 0 aliphatic carbocycles. The van der Waals surface area contributed by atoms with E-state index in [2.05, 4.69) is 13.2 Å². The number of carbonyl (C=O) groups is 3. The Kier molecular flexibility index (Phi) is 8.95. The zero-order valence-electron chi connectivity index (χ0n) is 17.0. The minimum absolute atomic E-state index is 0.0155. The van der Waals surface area contributed by atoms with Crippen molar-refractivity contribution in [3.63, 3.8) is 0 Å². The Morgan fingerprint density at radius 2 is 1.29 bits per heavy atom. The van der Waals surface area contributed by atoms with Crippen LogP contribution in [-0.4, -0.2) is 63.1 Å². The monoisotopic (exact) mass is 388 g/mol. The summed E-state index contributed by atoms with van der Waals surface area (Å²) >= 11 is 0. The van der Waals surface area contributed by atoms with Crippen LogP contribution in [0.15, 0.2) is 48.6 Å². The molecule has 28 heavy (non-hydrogen) atoms. The average molecular weight is 388 g/mol. The summed E-state index contributed by atoms with van der Waals surface area (Å²) in [6, 6.07) is 7.14. The molecule has 0 saturated heterocycles. The Hall–Kier alpha value is -3.09. The van der Waals surface area contributed by atoms with Crippen LogP contribution in [0, 0.1) is 0 Å². The lowest BCUT2D eigenvalue weighted by molar-refractivity contribution is -0.139. The van der Waals surface area contributed by atoms with Crippen LogP contribution >= 0.6 is 0 Å². The Balaban J connectivity index is 2.80. The molecule has 152 valence electrons. The summed E-state index contributed by atoms with van der Waals surface area (Å²) in [4.78, 5) is 39.3. The molecule has 0 fully saturated rings. The van der Waals surface area contributed by atoms with E-state index in [0.29, 0.717) is 5.56 Å². The van der Waals surface area contributed by atoms with E-state index in [4.69, 9.17) is 9.47 Å². The number of carbonyl (C=O) groups excluding carboxylic acids is 3. The zero-order chi connectivity index (χ0) is 21.3. The topological polar surface area (TPSA) is 76.1 Å². The predicted molar refractivity (Wildman–Crippen MR) is 108 cm³/mol. The first-order chi connectivity index (χ1) is 13.1. The van der Waals surface area contributed by atoms with Gasteiger partial charge in [-0.05, 0) is 38.1 Å². The van der Waals surface area contributed by atoms with E-state index in [9.17, 15) is 14.4 Å². The van der Waals surface area contributed by atoms with Crippen molar-refractivity contribution in [2.24, 2.45) is 0 Å². The highest BCUT2D eigenvalue weighted by Gasteiger charge is 2.17. The van der Waals surface area contributed by atoms with Gasteiger partial charge in [0.25, 0.3) is 5.91 Å². The second kappa shape index (κ2) is 10.9. The summed E-state index contributed by atoms with van der Waals surface area (Å²) < 4.78 is 10.2. The number of nitrogens with zero attached hydrogens (tertiary/aromatic N) is 2. The van der Waals surface area contributed by atoms with Crippen LogP contribution in [0.2, 0.25) is 0 Å². The Labute approximate surface area is 166 Å². The molecule has 0 aliphatic rings. The molecule has 7 nitrogen and oxygen atoms in total. The smallest absolute Gasteiger partial charge is 0.333 e. The van der Waals surface area contributed by atoms with Gasteiger partial charge in [0.15, 0.2) is 0 Å². The number of ether oxygens (including phenoxy) is 2. The van der Waals surface area contributed by atoms with E-state index in [-0.39, 0.29) is 43.4 Å². The third kappa shape index (κ3) is 7.26. The van der Waals surface area contributed by atoms with Gasteiger partial charge in [0.1, 0.15) is 13.2 Å².